The number of rotatable bonds is 1. The molecule has 1 heterocycles. The smallest absolute Gasteiger partial charge is 0.414 e. The van der Waals surface area contributed by atoms with Crippen LogP contribution in [0.3, 0.4) is 0 Å². The summed E-state index contributed by atoms with van der Waals surface area (Å²) in [6, 6.07) is 11.1. The Morgan fingerprint density at radius 3 is 2.10 bits per heavy atom. The fourth-order valence-corrected chi connectivity index (χ4v) is 2.17. The first-order valence-corrected chi connectivity index (χ1v) is 6.35. The molecule has 1 aliphatic rings. The van der Waals surface area contributed by atoms with E-state index in [1.807, 2.05) is 18.2 Å². The topological polar surface area (TPSA) is 107 Å². The van der Waals surface area contributed by atoms with E-state index in [1.165, 1.54) is 5.56 Å². The van der Waals surface area contributed by atoms with Gasteiger partial charge in [-0.05, 0) is 25.3 Å². The number of aliphatic carboxylic acids is 2. The number of piperidine rings is 1. The van der Waals surface area contributed by atoms with Crippen LogP contribution in [0.1, 0.15) is 31.4 Å². The minimum absolute atomic E-state index is 0.156. The maximum atomic E-state index is 9.67. The van der Waals surface area contributed by atoms with Gasteiger partial charge in [0.2, 0.25) is 0 Å². The average molecular weight is 281 g/mol. The number of aliphatic hydroxyl groups is 1. The zero-order valence-electron chi connectivity index (χ0n) is 11.2. The Morgan fingerprint density at radius 2 is 1.65 bits per heavy atom. The van der Waals surface area contributed by atoms with Gasteiger partial charge in [-0.2, -0.15) is 0 Å². The summed E-state index contributed by atoms with van der Waals surface area (Å²) >= 11 is 0. The molecule has 0 radical (unpaired) electrons. The highest BCUT2D eigenvalue weighted by atomic mass is 16.4. The van der Waals surface area contributed by atoms with Gasteiger partial charge in [-0.1, -0.05) is 30.3 Å². The van der Waals surface area contributed by atoms with Gasteiger partial charge in [0, 0.05) is 12.1 Å². The normalized spacial score (nSPS) is 25.2. The third kappa shape index (κ3) is 5.38. The molecule has 0 spiro atoms. The Hall–Kier alpha value is -1.92. The number of nitrogens with one attached hydrogen (secondary N) is 1. The molecule has 4 N–H and O–H groups in total. The fourth-order valence-electron chi connectivity index (χ4n) is 2.17. The molecular weight excluding hydrogens is 262 g/mol. The summed E-state index contributed by atoms with van der Waals surface area (Å²) < 4.78 is 0. The van der Waals surface area contributed by atoms with E-state index in [0.717, 1.165) is 12.8 Å². The van der Waals surface area contributed by atoms with E-state index in [0.29, 0.717) is 12.1 Å². The summed E-state index contributed by atoms with van der Waals surface area (Å²) in [5, 5.41) is 28.0. The van der Waals surface area contributed by atoms with Crippen LogP contribution in [0.4, 0.5) is 0 Å². The van der Waals surface area contributed by atoms with Crippen molar-refractivity contribution in [3.8, 4) is 0 Å². The van der Waals surface area contributed by atoms with Gasteiger partial charge in [-0.25, -0.2) is 9.59 Å². The predicted molar refractivity (Wildman–Crippen MR) is 72.3 cm³/mol. The first-order chi connectivity index (χ1) is 9.40. The molecule has 0 saturated carbocycles. The molecule has 0 bridgehead atoms. The van der Waals surface area contributed by atoms with E-state index in [1.54, 1.807) is 0 Å². The second kappa shape index (κ2) is 7.62. The zero-order chi connectivity index (χ0) is 15.1. The number of hydrogen-bond acceptors (Lipinski definition) is 4. The number of carbonyl (C=O) groups is 2. The molecule has 20 heavy (non-hydrogen) atoms. The molecule has 6 nitrogen and oxygen atoms in total. The summed E-state index contributed by atoms with van der Waals surface area (Å²) in [6.45, 7) is 2.12. The molecule has 1 saturated heterocycles. The summed E-state index contributed by atoms with van der Waals surface area (Å²) in [4.78, 5) is 18.2. The van der Waals surface area contributed by atoms with Gasteiger partial charge < -0.3 is 20.6 Å². The molecule has 0 aromatic heterocycles. The quantitative estimate of drug-likeness (QED) is 0.572. The van der Waals surface area contributed by atoms with Crippen LogP contribution < -0.4 is 5.32 Å². The van der Waals surface area contributed by atoms with Gasteiger partial charge in [0.1, 0.15) is 0 Å². The van der Waals surface area contributed by atoms with Crippen molar-refractivity contribution in [3.63, 3.8) is 0 Å². The maximum Gasteiger partial charge on any atom is 0.414 e. The van der Waals surface area contributed by atoms with Crippen LogP contribution in [-0.2, 0) is 9.59 Å². The molecule has 2 rings (SSSR count). The maximum absolute atomic E-state index is 9.67. The lowest BCUT2D eigenvalue weighted by atomic mass is 9.92. The Morgan fingerprint density at radius 1 is 1.10 bits per heavy atom. The highest BCUT2D eigenvalue weighted by Crippen LogP contribution is 2.25. The minimum Gasteiger partial charge on any atom is -0.473 e. The van der Waals surface area contributed by atoms with Crippen molar-refractivity contribution in [2.45, 2.75) is 38.0 Å². The minimum atomic E-state index is -1.82. The van der Waals surface area contributed by atoms with Crippen LogP contribution in [0.2, 0.25) is 0 Å². The van der Waals surface area contributed by atoms with Crippen molar-refractivity contribution in [1.29, 1.82) is 0 Å². The number of aliphatic hydroxyl groups excluding tert-OH is 1. The average Bonchev–Trinajstić information content (AvgIpc) is 2.39. The number of carboxylic acids is 2. The van der Waals surface area contributed by atoms with Crippen LogP contribution in [-0.4, -0.2) is 39.4 Å². The molecular formula is C14H19NO5. The van der Waals surface area contributed by atoms with Crippen molar-refractivity contribution >= 4 is 11.9 Å². The number of benzene rings is 1. The van der Waals surface area contributed by atoms with Crippen molar-refractivity contribution in [2.75, 3.05) is 0 Å². The molecule has 3 unspecified atom stereocenters. The monoisotopic (exact) mass is 281 g/mol. The largest absolute Gasteiger partial charge is 0.473 e. The van der Waals surface area contributed by atoms with E-state index in [-0.39, 0.29) is 6.10 Å². The van der Waals surface area contributed by atoms with Crippen molar-refractivity contribution in [2.24, 2.45) is 0 Å². The van der Waals surface area contributed by atoms with Gasteiger partial charge in [0.15, 0.2) is 0 Å². The second-order valence-corrected chi connectivity index (χ2v) is 4.77. The summed E-state index contributed by atoms with van der Waals surface area (Å²) in [7, 11) is 0. The van der Waals surface area contributed by atoms with Crippen molar-refractivity contribution < 1.29 is 24.9 Å². The third-order valence-electron chi connectivity index (χ3n) is 3.00. The van der Waals surface area contributed by atoms with Crippen LogP contribution in [0, 0.1) is 0 Å². The molecule has 1 aromatic carbocycles. The molecule has 110 valence electrons. The van der Waals surface area contributed by atoms with Gasteiger partial charge in [-0.3, -0.25) is 0 Å². The molecule has 0 amide bonds. The highest BCUT2D eigenvalue weighted by Gasteiger charge is 2.24. The Labute approximate surface area is 117 Å². The van der Waals surface area contributed by atoms with Crippen LogP contribution >= 0.6 is 0 Å². The van der Waals surface area contributed by atoms with E-state index in [9.17, 15) is 5.11 Å². The Balaban J connectivity index is 0.000000286. The SMILES string of the molecule is CC1CC(O)CC(c2ccccc2)N1.O=C(O)C(=O)O. The van der Waals surface area contributed by atoms with E-state index in [4.69, 9.17) is 19.8 Å². The van der Waals surface area contributed by atoms with Gasteiger partial charge >= 0.3 is 11.9 Å². The molecule has 1 aromatic rings. The lowest BCUT2D eigenvalue weighted by Crippen LogP contribution is -2.40. The molecule has 1 fully saturated rings. The molecule has 0 aliphatic carbocycles. The van der Waals surface area contributed by atoms with Crippen LogP contribution in [0.5, 0.6) is 0 Å². The van der Waals surface area contributed by atoms with E-state index >= 15 is 0 Å². The summed E-state index contributed by atoms with van der Waals surface area (Å²) in [5.41, 5.74) is 1.28. The van der Waals surface area contributed by atoms with Crippen LogP contribution in [0.15, 0.2) is 30.3 Å². The lowest BCUT2D eigenvalue weighted by Gasteiger charge is -2.32. The number of carboxylic acid groups (broad SMARTS) is 2. The summed E-state index contributed by atoms with van der Waals surface area (Å²) in [6.07, 6.45) is 1.54. The van der Waals surface area contributed by atoms with Gasteiger partial charge in [0.05, 0.1) is 6.10 Å². The van der Waals surface area contributed by atoms with Gasteiger partial charge in [0.25, 0.3) is 0 Å². The van der Waals surface area contributed by atoms with Crippen LogP contribution in [0.25, 0.3) is 0 Å². The fraction of sp³-hybridized carbons (Fsp3) is 0.429. The lowest BCUT2D eigenvalue weighted by molar-refractivity contribution is -0.159. The zero-order valence-corrected chi connectivity index (χ0v) is 11.2. The van der Waals surface area contributed by atoms with E-state index < -0.39 is 11.9 Å². The third-order valence-corrected chi connectivity index (χ3v) is 3.00. The number of hydrogen-bond donors (Lipinski definition) is 4. The summed E-state index contributed by atoms with van der Waals surface area (Å²) in [5.74, 6) is -3.65. The Kier molecular flexibility index (Phi) is 6.14. The molecule has 6 heteroatoms. The van der Waals surface area contributed by atoms with E-state index in [2.05, 4.69) is 24.4 Å². The van der Waals surface area contributed by atoms with Crippen molar-refractivity contribution in [3.05, 3.63) is 35.9 Å². The predicted octanol–water partition coefficient (Wildman–Crippen LogP) is 1.02. The first-order valence-electron chi connectivity index (χ1n) is 6.35. The molecule has 3 atom stereocenters. The standard InChI is InChI=1S/C12H17NO.C2H2O4/c1-9-7-11(14)8-12(13-9)10-5-3-2-4-6-10;3-1(4)2(5)6/h2-6,9,11-14H,7-8H2,1H3;(H,3,4)(H,5,6). The highest BCUT2D eigenvalue weighted by molar-refractivity contribution is 6.27. The Bertz CT molecular complexity index is 426. The molecule has 1 aliphatic heterocycles. The first kappa shape index (κ1) is 16.1. The van der Waals surface area contributed by atoms with Crippen molar-refractivity contribution in [1.82, 2.24) is 5.32 Å². The second-order valence-electron chi connectivity index (χ2n) is 4.77. The van der Waals surface area contributed by atoms with Gasteiger partial charge in [-0.15, -0.1) is 0 Å².